The Kier molecular flexibility index (Phi) is 7.91. The number of rotatable bonds is 9. The number of nitro benzene ring substituents is 1. The summed E-state index contributed by atoms with van der Waals surface area (Å²) >= 11 is 5.90. The van der Waals surface area contributed by atoms with E-state index >= 15 is 0 Å². The van der Waals surface area contributed by atoms with Gasteiger partial charge in [-0.2, -0.15) is 0 Å². The molecule has 0 aliphatic heterocycles. The van der Waals surface area contributed by atoms with Gasteiger partial charge in [0.1, 0.15) is 0 Å². The number of nitrogens with two attached hydrogens (primary N) is 1. The molecule has 0 aliphatic carbocycles. The van der Waals surface area contributed by atoms with Crippen LogP contribution in [0.1, 0.15) is 38.1 Å². The van der Waals surface area contributed by atoms with Gasteiger partial charge in [-0.1, -0.05) is 11.6 Å². The monoisotopic (exact) mass is 421 g/mol. The fraction of sp³-hybridized carbons (Fsp3) is 0.467. The first kappa shape index (κ1) is 23.0. The van der Waals surface area contributed by atoms with E-state index in [0.29, 0.717) is 0 Å². The van der Waals surface area contributed by atoms with E-state index in [9.17, 15) is 24.3 Å². The molecule has 27 heavy (non-hydrogen) atoms. The Morgan fingerprint density at radius 3 is 2.11 bits per heavy atom. The molecular weight excluding hydrogens is 401 g/mol. The van der Waals surface area contributed by atoms with Crippen molar-refractivity contribution < 1.29 is 28.1 Å². The standard InChI is InChI=1S/C15H21ClN3O7P/c1-8(2)25-27(24,26-9(3)4)15(13(17)20)18-14(21)11-6-5-10(19(22)23)7-12(11)16/h5-9,15H,1-4H3,(H2,17,20)(H,18,21)/t15-/m1/s1. The minimum atomic E-state index is -4.17. The number of nitrogens with one attached hydrogen (secondary N) is 1. The number of hydrogen-bond donors (Lipinski definition) is 2. The Balaban J connectivity index is 3.21. The lowest BCUT2D eigenvalue weighted by atomic mass is 10.2. The van der Waals surface area contributed by atoms with Crippen molar-refractivity contribution in [1.29, 1.82) is 0 Å². The third-order valence-corrected chi connectivity index (χ3v) is 5.74. The lowest BCUT2D eigenvalue weighted by Crippen LogP contribution is -2.45. The molecule has 0 saturated carbocycles. The van der Waals surface area contributed by atoms with Crippen molar-refractivity contribution in [3.8, 4) is 0 Å². The number of nitrogens with zero attached hydrogens (tertiary/aromatic N) is 1. The van der Waals surface area contributed by atoms with Crippen LogP contribution in [-0.2, 0) is 18.4 Å². The molecule has 0 radical (unpaired) electrons. The zero-order chi connectivity index (χ0) is 20.9. The summed E-state index contributed by atoms with van der Waals surface area (Å²) in [6.07, 6.45) is -1.17. The Bertz CT molecular complexity index is 771. The van der Waals surface area contributed by atoms with Crippen molar-refractivity contribution >= 4 is 36.7 Å². The van der Waals surface area contributed by atoms with Crippen LogP contribution >= 0.6 is 19.2 Å². The zero-order valence-corrected chi connectivity index (χ0v) is 16.8. The number of non-ortho nitro benzene ring substituents is 1. The molecule has 0 saturated heterocycles. The van der Waals surface area contributed by atoms with E-state index in [1.807, 2.05) is 0 Å². The highest BCUT2D eigenvalue weighted by molar-refractivity contribution is 7.55. The summed E-state index contributed by atoms with van der Waals surface area (Å²) in [5.41, 5.74) is 4.80. The molecule has 10 nitrogen and oxygen atoms in total. The van der Waals surface area contributed by atoms with E-state index in [1.54, 1.807) is 27.7 Å². The van der Waals surface area contributed by atoms with Gasteiger partial charge in [-0.15, -0.1) is 0 Å². The van der Waals surface area contributed by atoms with E-state index in [-0.39, 0.29) is 16.3 Å². The summed E-state index contributed by atoms with van der Waals surface area (Å²) in [5, 5.41) is 12.7. The molecule has 0 fully saturated rings. The number of nitro groups is 1. The number of benzene rings is 1. The third-order valence-electron chi connectivity index (χ3n) is 2.98. The average Bonchev–Trinajstić information content (AvgIpc) is 2.49. The summed E-state index contributed by atoms with van der Waals surface area (Å²) in [5.74, 6) is -3.83. The maximum absolute atomic E-state index is 13.1. The molecule has 1 aromatic carbocycles. The molecular formula is C15H21ClN3O7P. The van der Waals surface area contributed by atoms with Gasteiger partial charge in [0.25, 0.3) is 17.5 Å². The number of carbonyl (C=O) groups excluding carboxylic acids is 2. The molecule has 0 aromatic heterocycles. The molecule has 1 rings (SSSR count). The van der Waals surface area contributed by atoms with Gasteiger partial charge in [-0.05, 0) is 33.8 Å². The SMILES string of the molecule is CC(C)OP(=O)(OC(C)C)[C@@H](NC(=O)c1ccc([N+](=O)[O-])cc1Cl)C(N)=O. The minimum Gasteiger partial charge on any atom is -0.367 e. The highest BCUT2D eigenvalue weighted by atomic mass is 35.5. The fourth-order valence-electron chi connectivity index (χ4n) is 2.04. The van der Waals surface area contributed by atoms with Crippen LogP contribution < -0.4 is 11.1 Å². The van der Waals surface area contributed by atoms with Crippen LogP contribution in [0.4, 0.5) is 5.69 Å². The summed E-state index contributed by atoms with van der Waals surface area (Å²) in [4.78, 5) is 34.4. The van der Waals surface area contributed by atoms with Gasteiger partial charge in [0, 0.05) is 12.1 Å². The van der Waals surface area contributed by atoms with E-state index in [0.717, 1.165) is 18.2 Å². The van der Waals surface area contributed by atoms with Gasteiger partial charge in [-0.25, -0.2) is 0 Å². The first-order chi connectivity index (χ1) is 12.4. The van der Waals surface area contributed by atoms with E-state index in [1.165, 1.54) is 0 Å². The molecule has 12 heteroatoms. The largest absolute Gasteiger partial charge is 0.367 e. The van der Waals surface area contributed by atoms with Gasteiger partial charge in [0.2, 0.25) is 5.78 Å². The van der Waals surface area contributed by atoms with Crippen LogP contribution in [0.3, 0.4) is 0 Å². The van der Waals surface area contributed by atoms with Gasteiger partial charge >= 0.3 is 7.60 Å². The highest BCUT2D eigenvalue weighted by Gasteiger charge is 2.43. The van der Waals surface area contributed by atoms with E-state index in [4.69, 9.17) is 26.4 Å². The van der Waals surface area contributed by atoms with Crippen LogP contribution in [0.5, 0.6) is 0 Å². The first-order valence-corrected chi connectivity index (χ1v) is 9.87. The van der Waals surface area contributed by atoms with Crippen molar-refractivity contribution in [2.75, 3.05) is 0 Å². The van der Waals surface area contributed by atoms with E-state index in [2.05, 4.69) is 5.32 Å². The van der Waals surface area contributed by atoms with Crippen molar-refractivity contribution in [1.82, 2.24) is 5.32 Å². The summed E-state index contributed by atoms with van der Waals surface area (Å²) < 4.78 is 23.7. The summed E-state index contributed by atoms with van der Waals surface area (Å²) in [6, 6.07) is 3.14. The zero-order valence-electron chi connectivity index (χ0n) is 15.2. The molecule has 1 atom stereocenters. The van der Waals surface area contributed by atoms with Crippen LogP contribution in [0, 0.1) is 10.1 Å². The maximum atomic E-state index is 13.1. The predicted molar refractivity (Wildman–Crippen MR) is 98.6 cm³/mol. The molecule has 0 aliphatic rings. The molecule has 0 heterocycles. The van der Waals surface area contributed by atoms with Crippen LogP contribution in [0.25, 0.3) is 0 Å². The Morgan fingerprint density at radius 2 is 1.74 bits per heavy atom. The Hall–Kier alpha value is -2.00. The average molecular weight is 422 g/mol. The van der Waals surface area contributed by atoms with Gasteiger partial charge < -0.3 is 20.1 Å². The van der Waals surface area contributed by atoms with Gasteiger partial charge in [-0.3, -0.25) is 24.3 Å². The maximum Gasteiger partial charge on any atom is 0.362 e. The molecule has 2 amide bonds. The van der Waals surface area contributed by atoms with Crippen LogP contribution in [0.15, 0.2) is 18.2 Å². The molecule has 0 spiro atoms. The number of halogens is 1. The second-order valence-corrected chi connectivity index (χ2v) is 8.47. The number of primary amides is 1. The second kappa shape index (κ2) is 9.27. The first-order valence-electron chi connectivity index (χ1n) is 7.88. The normalized spacial score (nSPS) is 12.9. The van der Waals surface area contributed by atoms with Crippen molar-refractivity contribution in [2.45, 2.75) is 45.7 Å². The van der Waals surface area contributed by atoms with Gasteiger partial charge in [0.05, 0.1) is 27.7 Å². The van der Waals surface area contributed by atoms with Crippen molar-refractivity contribution in [3.63, 3.8) is 0 Å². The van der Waals surface area contributed by atoms with Crippen molar-refractivity contribution in [3.05, 3.63) is 38.9 Å². The number of hydrogen-bond acceptors (Lipinski definition) is 7. The number of amides is 2. The highest BCUT2D eigenvalue weighted by Crippen LogP contribution is 2.54. The van der Waals surface area contributed by atoms with E-state index < -0.39 is 42.3 Å². The Labute approximate surface area is 161 Å². The number of carbonyl (C=O) groups is 2. The lowest BCUT2D eigenvalue weighted by molar-refractivity contribution is -0.384. The van der Waals surface area contributed by atoms with Crippen molar-refractivity contribution in [2.24, 2.45) is 5.73 Å². The second-order valence-electron chi connectivity index (χ2n) is 6.05. The fourth-order valence-corrected chi connectivity index (χ4v) is 4.36. The van der Waals surface area contributed by atoms with Crippen LogP contribution in [-0.4, -0.2) is 34.7 Å². The smallest absolute Gasteiger partial charge is 0.362 e. The Morgan fingerprint density at radius 1 is 1.22 bits per heavy atom. The molecule has 1 aromatic rings. The quantitative estimate of drug-likeness (QED) is 0.353. The molecule has 0 unspecified atom stereocenters. The lowest BCUT2D eigenvalue weighted by Gasteiger charge is -2.28. The third kappa shape index (κ3) is 6.28. The molecule has 150 valence electrons. The summed E-state index contributed by atoms with van der Waals surface area (Å²) in [7, 11) is -4.17. The summed E-state index contributed by atoms with van der Waals surface area (Å²) in [6.45, 7) is 6.29. The van der Waals surface area contributed by atoms with Crippen LogP contribution in [0.2, 0.25) is 5.02 Å². The minimum absolute atomic E-state index is 0.172. The van der Waals surface area contributed by atoms with Gasteiger partial charge in [0.15, 0.2) is 0 Å². The molecule has 3 N–H and O–H groups in total. The predicted octanol–water partition coefficient (Wildman–Crippen LogP) is 2.83. The topological polar surface area (TPSA) is 151 Å². The molecule has 0 bridgehead atoms.